The number of benzene rings is 1. The van der Waals surface area contributed by atoms with E-state index in [1.165, 1.54) is 96.3 Å². The van der Waals surface area contributed by atoms with Gasteiger partial charge in [-0.1, -0.05) is 71.3 Å². The highest BCUT2D eigenvalue weighted by molar-refractivity contribution is 5.75. The quantitative estimate of drug-likeness (QED) is 0.179. The zero-order valence-electron chi connectivity index (χ0n) is 28.4. The van der Waals surface area contributed by atoms with Gasteiger partial charge in [-0.2, -0.15) is 0 Å². The molecule has 7 atom stereocenters. The average Bonchev–Trinajstić information content (AvgIpc) is 3.37. The number of amides is 1. The van der Waals surface area contributed by atoms with E-state index in [9.17, 15) is 4.79 Å². The summed E-state index contributed by atoms with van der Waals surface area (Å²) in [5.74, 6) is 4.23. The molecule has 1 aromatic rings. The summed E-state index contributed by atoms with van der Waals surface area (Å²) in [5.41, 5.74) is 3.45. The molecule has 1 amide bonds. The highest BCUT2D eigenvalue weighted by atomic mass is 16.7. The van der Waals surface area contributed by atoms with Crippen molar-refractivity contribution in [3.05, 3.63) is 29.3 Å². The van der Waals surface area contributed by atoms with Crippen molar-refractivity contribution in [2.75, 3.05) is 20.3 Å². The van der Waals surface area contributed by atoms with Crippen LogP contribution in [0.2, 0.25) is 0 Å². The molecule has 0 aromatic heterocycles. The van der Waals surface area contributed by atoms with E-state index in [1.807, 2.05) is 0 Å². The Kier molecular flexibility index (Phi) is 12.9. The Morgan fingerprint density at radius 2 is 1.77 bits per heavy atom. The maximum absolute atomic E-state index is 11.9. The van der Waals surface area contributed by atoms with Crippen molar-refractivity contribution >= 4 is 5.91 Å². The first-order valence-electron chi connectivity index (χ1n) is 18.7. The van der Waals surface area contributed by atoms with Crippen molar-refractivity contribution in [3.8, 4) is 5.75 Å². The van der Waals surface area contributed by atoms with Gasteiger partial charge in [-0.15, -0.1) is 0 Å². The van der Waals surface area contributed by atoms with Crippen molar-refractivity contribution < 1.29 is 19.0 Å². The van der Waals surface area contributed by atoms with Gasteiger partial charge >= 0.3 is 0 Å². The van der Waals surface area contributed by atoms with Crippen molar-refractivity contribution in [1.29, 1.82) is 0 Å². The Hall–Kier alpha value is -1.59. The van der Waals surface area contributed by atoms with E-state index >= 15 is 0 Å². The molecule has 5 heteroatoms. The summed E-state index contributed by atoms with van der Waals surface area (Å²) in [6.07, 6.45) is 24.6. The van der Waals surface area contributed by atoms with Crippen molar-refractivity contribution in [2.24, 2.45) is 23.2 Å². The van der Waals surface area contributed by atoms with Crippen molar-refractivity contribution in [1.82, 2.24) is 5.32 Å². The maximum Gasteiger partial charge on any atom is 0.219 e. The number of carbonyl (C=O) groups is 1. The molecule has 44 heavy (non-hydrogen) atoms. The Balaban J connectivity index is 1.11. The molecule has 3 fully saturated rings. The lowest BCUT2D eigenvalue weighted by atomic mass is 9.52. The van der Waals surface area contributed by atoms with E-state index in [4.69, 9.17) is 14.2 Å². The second kappa shape index (κ2) is 16.8. The monoisotopic (exact) mass is 609 g/mol. The standard InChI is InChI=1S/C39H63NO4/c1-4-5-25-40-36(41)17-13-11-9-7-6-8-10-12-16-29-27-30-28-31(42-3)19-20-32(30)33-23-24-39(2)34(38(29)33)21-22-35(39)44-37-18-14-15-26-43-37/h19-20,28-29,33-35,37-38H,4-18,21-27H2,1-3H3,(H,40,41)/t29-,33-,34+,35+,37?,38-,39+/m1/s1. The summed E-state index contributed by atoms with van der Waals surface area (Å²) in [4.78, 5) is 11.9. The van der Waals surface area contributed by atoms with Gasteiger partial charge in [0.2, 0.25) is 5.91 Å². The number of unbranched alkanes of at least 4 members (excludes halogenated alkanes) is 8. The van der Waals surface area contributed by atoms with E-state index in [-0.39, 0.29) is 17.6 Å². The van der Waals surface area contributed by atoms with Gasteiger partial charge in [0.1, 0.15) is 5.75 Å². The fraction of sp³-hybridized carbons (Fsp3) is 0.821. The first-order chi connectivity index (χ1) is 21.5. The summed E-state index contributed by atoms with van der Waals surface area (Å²) >= 11 is 0. The summed E-state index contributed by atoms with van der Waals surface area (Å²) in [6, 6.07) is 6.96. The summed E-state index contributed by atoms with van der Waals surface area (Å²) in [7, 11) is 1.80. The minimum atomic E-state index is 0.0208. The molecule has 1 heterocycles. The lowest BCUT2D eigenvalue weighted by Gasteiger charge is -2.54. The molecule has 1 saturated heterocycles. The largest absolute Gasteiger partial charge is 0.497 e. The zero-order chi connectivity index (χ0) is 30.8. The number of methoxy groups -OCH3 is 1. The molecular formula is C39H63NO4. The van der Waals surface area contributed by atoms with Crippen molar-refractivity contribution in [2.45, 2.75) is 161 Å². The smallest absolute Gasteiger partial charge is 0.219 e. The predicted octanol–water partition coefficient (Wildman–Crippen LogP) is 9.51. The third-order valence-electron chi connectivity index (χ3n) is 12.1. The fourth-order valence-electron chi connectivity index (χ4n) is 9.60. The summed E-state index contributed by atoms with van der Waals surface area (Å²) in [6.45, 7) is 6.44. The molecular weight excluding hydrogens is 546 g/mol. The number of nitrogens with one attached hydrogen (secondary N) is 1. The minimum absolute atomic E-state index is 0.0208. The molecule has 2 saturated carbocycles. The average molecular weight is 610 g/mol. The molecule has 3 aliphatic carbocycles. The van der Waals surface area contributed by atoms with Crippen LogP contribution in [0, 0.1) is 23.2 Å². The summed E-state index contributed by atoms with van der Waals surface area (Å²) in [5, 5.41) is 3.04. The molecule has 0 spiro atoms. The lowest BCUT2D eigenvalue weighted by molar-refractivity contribution is -0.213. The van der Waals surface area contributed by atoms with Crippen LogP contribution in [0.3, 0.4) is 0 Å². The Labute approximate surface area is 269 Å². The topological polar surface area (TPSA) is 56.8 Å². The number of hydrogen-bond donors (Lipinski definition) is 1. The van der Waals surface area contributed by atoms with Crippen LogP contribution in [-0.4, -0.2) is 38.6 Å². The molecule has 1 aromatic carbocycles. The number of ether oxygens (including phenoxy) is 3. The van der Waals surface area contributed by atoms with Crippen LogP contribution in [0.15, 0.2) is 18.2 Å². The SMILES string of the molecule is CCCCNC(=O)CCCCCCCCCC[C@@H]1Cc2cc(OC)ccc2[C@H]2CC[C@]3(C)[C@@H](OC4CCCCO4)CC[C@H]3[C@H]12. The predicted molar refractivity (Wildman–Crippen MR) is 179 cm³/mol. The van der Waals surface area contributed by atoms with Crippen LogP contribution >= 0.6 is 0 Å². The van der Waals surface area contributed by atoms with E-state index in [1.54, 1.807) is 18.2 Å². The van der Waals surface area contributed by atoms with Crippen LogP contribution in [0.1, 0.15) is 153 Å². The second-order valence-corrected chi connectivity index (χ2v) is 14.9. The van der Waals surface area contributed by atoms with Gasteiger partial charge in [-0.05, 0) is 123 Å². The molecule has 5 nitrogen and oxygen atoms in total. The Morgan fingerprint density at radius 3 is 2.52 bits per heavy atom. The first kappa shape index (κ1) is 33.8. The van der Waals surface area contributed by atoms with E-state index in [0.717, 1.165) is 62.3 Å². The van der Waals surface area contributed by atoms with Crippen LogP contribution in [0.25, 0.3) is 0 Å². The van der Waals surface area contributed by atoms with Crippen LogP contribution in [-0.2, 0) is 20.7 Å². The van der Waals surface area contributed by atoms with Gasteiger partial charge in [0.05, 0.1) is 13.2 Å². The number of fused-ring (bicyclic) bond motifs is 5. The Morgan fingerprint density at radius 1 is 0.977 bits per heavy atom. The number of carbonyl (C=O) groups excluding carboxylic acids is 1. The molecule has 248 valence electrons. The molecule has 0 bridgehead atoms. The normalized spacial score (nSPS) is 31.2. The van der Waals surface area contributed by atoms with Gasteiger partial charge in [-0.3, -0.25) is 4.79 Å². The van der Waals surface area contributed by atoms with Crippen LogP contribution in [0.5, 0.6) is 5.75 Å². The van der Waals surface area contributed by atoms with E-state index in [2.05, 4.69) is 37.4 Å². The molecule has 1 unspecified atom stereocenters. The number of hydrogen-bond acceptors (Lipinski definition) is 4. The molecule has 1 aliphatic heterocycles. The van der Waals surface area contributed by atoms with Gasteiger partial charge in [0, 0.05) is 19.6 Å². The van der Waals surface area contributed by atoms with Crippen molar-refractivity contribution in [3.63, 3.8) is 0 Å². The minimum Gasteiger partial charge on any atom is -0.497 e. The first-order valence-corrected chi connectivity index (χ1v) is 18.7. The molecule has 1 N–H and O–H groups in total. The lowest BCUT2D eigenvalue weighted by Crippen LogP contribution is -2.48. The Bertz CT molecular complexity index is 1020. The summed E-state index contributed by atoms with van der Waals surface area (Å²) < 4.78 is 18.5. The van der Waals surface area contributed by atoms with Crippen LogP contribution in [0.4, 0.5) is 0 Å². The highest BCUT2D eigenvalue weighted by Crippen LogP contribution is 2.63. The third kappa shape index (κ3) is 8.41. The van der Waals surface area contributed by atoms with Gasteiger partial charge in [0.25, 0.3) is 0 Å². The fourth-order valence-corrected chi connectivity index (χ4v) is 9.60. The molecule has 4 aliphatic rings. The molecule has 0 radical (unpaired) electrons. The van der Waals surface area contributed by atoms with Gasteiger partial charge in [0.15, 0.2) is 6.29 Å². The third-order valence-corrected chi connectivity index (χ3v) is 12.1. The van der Waals surface area contributed by atoms with Gasteiger partial charge < -0.3 is 19.5 Å². The van der Waals surface area contributed by atoms with E-state index in [0.29, 0.717) is 18.4 Å². The van der Waals surface area contributed by atoms with Gasteiger partial charge in [-0.25, -0.2) is 0 Å². The number of rotatable bonds is 17. The zero-order valence-corrected chi connectivity index (χ0v) is 28.4. The van der Waals surface area contributed by atoms with Crippen LogP contribution < -0.4 is 10.1 Å². The highest BCUT2D eigenvalue weighted by Gasteiger charge is 2.57. The van der Waals surface area contributed by atoms with E-state index < -0.39 is 0 Å². The maximum atomic E-state index is 11.9. The second-order valence-electron chi connectivity index (χ2n) is 14.9. The molecule has 5 rings (SSSR count).